The molecule has 1 saturated heterocycles. The SMILES string of the molecule is CC[C@]12C=CCN3CC[C@@]4(c5ccc(OC)cc5N(C)[C@H]4[C@](O)(C(=O)OC)[C@H]1OC(C)=O)[C@@H]32. The number of esters is 2. The normalized spacial score (nSPS) is 38.4. The van der Waals surface area contributed by atoms with E-state index in [2.05, 4.69) is 23.1 Å². The lowest BCUT2D eigenvalue weighted by Gasteiger charge is -2.63. The summed E-state index contributed by atoms with van der Waals surface area (Å²) in [5, 5.41) is 12.5. The second-order valence-electron chi connectivity index (χ2n) is 9.76. The van der Waals surface area contributed by atoms with E-state index in [1.54, 1.807) is 7.11 Å². The zero-order valence-electron chi connectivity index (χ0n) is 19.8. The van der Waals surface area contributed by atoms with Crippen LogP contribution in [-0.4, -0.2) is 80.1 Å². The van der Waals surface area contributed by atoms with Gasteiger partial charge in [-0.15, -0.1) is 0 Å². The maximum Gasteiger partial charge on any atom is 0.344 e. The fourth-order valence-electron chi connectivity index (χ4n) is 7.68. The summed E-state index contributed by atoms with van der Waals surface area (Å²) in [4.78, 5) is 30.2. The first-order chi connectivity index (χ1) is 15.7. The van der Waals surface area contributed by atoms with Crippen molar-refractivity contribution in [1.29, 1.82) is 0 Å². The van der Waals surface area contributed by atoms with E-state index in [4.69, 9.17) is 14.2 Å². The number of fused-ring (bicyclic) bond motifs is 1. The molecule has 0 amide bonds. The van der Waals surface area contributed by atoms with Crippen molar-refractivity contribution in [3.8, 4) is 5.75 Å². The van der Waals surface area contributed by atoms with Crippen LogP contribution in [-0.2, 0) is 24.5 Å². The standard InChI is InChI=1S/C25H32N2O6/c1-6-23-10-7-12-27-13-11-24(19(23)27)17-9-8-16(31-4)14-18(17)26(3)20(24)25(30,22(29)32-5)21(23)33-15(2)28/h7-10,14,19-21,30H,6,11-13H2,1-5H3/t19-,20+,21-,23+,24+,25+/m0/s1. The molecular weight excluding hydrogens is 424 g/mol. The van der Waals surface area contributed by atoms with Crippen molar-refractivity contribution >= 4 is 17.6 Å². The molecule has 178 valence electrons. The zero-order chi connectivity index (χ0) is 23.8. The largest absolute Gasteiger partial charge is 0.497 e. The monoisotopic (exact) mass is 456 g/mol. The van der Waals surface area contributed by atoms with Crippen LogP contribution < -0.4 is 9.64 Å². The first-order valence-corrected chi connectivity index (χ1v) is 11.5. The number of carbonyl (C=O) groups is 2. The number of carbonyl (C=O) groups excluding carboxylic acids is 2. The number of ether oxygens (including phenoxy) is 3. The maximum atomic E-state index is 13.5. The van der Waals surface area contributed by atoms with Gasteiger partial charge in [-0.1, -0.05) is 25.1 Å². The molecule has 0 radical (unpaired) electrons. The van der Waals surface area contributed by atoms with E-state index in [1.807, 2.05) is 31.0 Å². The van der Waals surface area contributed by atoms with Crippen LogP contribution in [0.2, 0.25) is 0 Å². The number of methoxy groups -OCH3 is 2. The lowest BCUT2D eigenvalue weighted by Crippen LogP contribution is -2.81. The Balaban J connectivity index is 1.86. The minimum absolute atomic E-state index is 0.0589. The predicted molar refractivity (Wildman–Crippen MR) is 121 cm³/mol. The molecule has 1 saturated carbocycles. The van der Waals surface area contributed by atoms with Crippen LogP contribution in [0.4, 0.5) is 5.69 Å². The summed E-state index contributed by atoms with van der Waals surface area (Å²) in [7, 11) is 4.77. The Morgan fingerprint density at radius 1 is 1.24 bits per heavy atom. The van der Waals surface area contributed by atoms with Crippen LogP contribution in [0.3, 0.4) is 0 Å². The third kappa shape index (κ3) is 2.48. The first-order valence-electron chi connectivity index (χ1n) is 11.5. The van der Waals surface area contributed by atoms with Crippen molar-refractivity contribution in [2.75, 3.05) is 39.3 Å². The van der Waals surface area contributed by atoms with E-state index in [-0.39, 0.29) is 6.04 Å². The molecular formula is C25H32N2O6. The topological polar surface area (TPSA) is 88.5 Å². The Morgan fingerprint density at radius 2 is 2.00 bits per heavy atom. The molecule has 8 nitrogen and oxygen atoms in total. The number of likely N-dealkylation sites (N-methyl/N-ethyl adjacent to an activating group) is 1. The molecule has 1 aromatic rings. The van der Waals surface area contributed by atoms with E-state index >= 15 is 0 Å². The number of hydrogen-bond donors (Lipinski definition) is 1. The molecule has 2 fully saturated rings. The molecule has 1 spiro atoms. The minimum atomic E-state index is -2.08. The molecule has 33 heavy (non-hydrogen) atoms. The first kappa shape index (κ1) is 22.2. The fourth-order valence-corrected chi connectivity index (χ4v) is 7.68. The van der Waals surface area contributed by atoms with Crippen LogP contribution in [0.25, 0.3) is 0 Å². The highest BCUT2D eigenvalue weighted by Crippen LogP contribution is 2.67. The van der Waals surface area contributed by atoms with Gasteiger partial charge in [0.2, 0.25) is 5.60 Å². The summed E-state index contributed by atoms with van der Waals surface area (Å²) in [6.45, 7) is 4.94. The van der Waals surface area contributed by atoms with Gasteiger partial charge in [-0.2, -0.15) is 0 Å². The molecule has 5 rings (SSSR count). The Kier molecular flexibility index (Phi) is 4.85. The van der Waals surface area contributed by atoms with E-state index in [0.29, 0.717) is 12.2 Å². The van der Waals surface area contributed by atoms with E-state index in [9.17, 15) is 14.7 Å². The second-order valence-corrected chi connectivity index (χ2v) is 9.76. The summed E-state index contributed by atoms with van der Waals surface area (Å²) in [5.41, 5.74) is -1.41. The predicted octanol–water partition coefficient (Wildman–Crippen LogP) is 1.64. The third-order valence-corrected chi connectivity index (χ3v) is 8.62. The molecule has 4 aliphatic rings. The van der Waals surface area contributed by atoms with Gasteiger partial charge in [0.05, 0.1) is 20.3 Å². The van der Waals surface area contributed by atoms with Crippen molar-refractivity contribution in [3.63, 3.8) is 0 Å². The number of rotatable bonds is 4. The van der Waals surface area contributed by atoms with Crippen molar-refractivity contribution < 1.29 is 28.9 Å². The summed E-state index contributed by atoms with van der Waals surface area (Å²) < 4.78 is 16.6. The number of aliphatic hydroxyl groups is 1. The van der Waals surface area contributed by atoms with Crippen molar-refractivity contribution in [2.24, 2.45) is 5.41 Å². The molecule has 3 heterocycles. The fraction of sp³-hybridized carbons (Fsp3) is 0.600. The average Bonchev–Trinajstić information content (AvgIpc) is 3.32. The Bertz CT molecular complexity index is 1040. The number of hydrogen-bond acceptors (Lipinski definition) is 8. The molecule has 3 aliphatic heterocycles. The summed E-state index contributed by atoms with van der Waals surface area (Å²) in [6, 6.07) is 5.22. The number of benzene rings is 1. The number of nitrogens with zero attached hydrogens (tertiary/aromatic N) is 2. The minimum Gasteiger partial charge on any atom is -0.497 e. The quantitative estimate of drug-likeness (QED) is 0.541. The molecule has 6 atom stereocenters. The highest BCUT2D eigenvalue weighted by molar-refractivity contribution is 5.87. The maximum absolute atomic E-state index is 13.5. The molecule has 0 unspecified atom stereocenters. The number of anilines is 1. The lowest BCUT2D eigenvalue weighted by molar-refractivity contribution is -0.228. The summed E-state index contributed by atoms with van der Waals surface area (Å²) in [5.74, 6) is -0.617. The molecule has 8 heteroatoms. The summed E-state index contributed by atoms with van der Waals surface area (Å²) >= 11 is 0. The Hall–Kier alpha value is -2.58. The van der Waals surface area contributed by atoms with Crippen LogP contribution in [0.15, 0.2) is 30.4 Å². The Morgan fingerprint density at radius 3 is 2.64 bits per heavy atom. The van der Waals surface area contributed by atoms with Gasteiger partial charge in [-0.05, 0) is 31.0 Å². The van der Waals surface area contributed by atoms with Gasteiger partial charge in [-0.3, -0.25) is 9.69 Å². The van der Waals surface area contributed by atoms with Crippen LogP contribution in [0.1, 0.15) is 32.3 Å². The Labute approximate surface area is 194 Å². The van der Waals surface area contributed by atoms with Gasteiger partial charge < -0.3 is 24.2 Å². The molecule has 0 aromatic heterocycles. The van der Waals surface area contributed by atoms with Crippen molar-refractivity contribution in [2.45, 2.75) is 55.9 Å². The van der Waals surface area contributed by atoms with Gasteiger partial charge in [0, 0.05) is 49.1 Å². The van der Waals surface area contributed by atoms with Crippen LogP contribution in [0.5, 0.6) is 5.75 Å². The third-order valence-electron chi connectivity index (χ3n) is 8.62. The highest BCUT2D eigenvalue weighted by atomic mass is 16.6. The van der Waals surface area contributed by atoms with Gasteiger partial charge in [0.1, 0.15) is 5.75 Å². The zero-order valence-corrected chi connectivity index (χ0v) is 19.8. The molecule has 1 aliphatic carbocycles. The molecule has 1 aromatic carbocycles. The highest BCUT2D eigenvalue weighted by Gasteiger charge is 2.80. The van der Waals surface area contributed by atoms with E-state index < -0.39 is 40.5 Å². The second kappa shape index (κ2) is 7.21. The lowest BCUT2D eigenvalue weighted by atomic mass is 9.47. The van der Waals surface area contributed by atoms with E-state index in [0.717, 1.165) is 30.8 Å². The summed E-state index contributed by atoms with van der Waals surface area (Å²) in [6.07, 6.45) is 4.40. The van der Waals surface area contributed by atoms with Gasteiger partial charge in [0.25, 0.3) is 0 Å². The smallest absolute Gasteiger partial charge is 0.344 e. The van der Waals surface area contributed by atoms with Gasteiger partial charge in [0.15, 0.2) is 6.10 Å². The molecule has 1 N–H and O–H groups in total. The van der Waals surface area contributed by atoms with Crippen LogP contribution in [0, 0.1) is 5.41 Å². The van der Waals surface area contributed by atoms with Crippen molar-refractivity contribution in [3.05, 3.63) is 35.9 Å². The molecule has 0 bridgehead atoms. The van der Waals surface area contributed by atoms with Gasteiger partial charge >= 0.3 is 11.9 Å². The van der Waals surface area contributed by atoms with E-state index in [1.165, 1.54) is 14.0 Å². The van der Waals surface area contributed by atoms with Crippen LogP contribution >= 0.6 is 0 Å². The average molecular weight is 457 g/mol. The van der Waals surface area contributed by atoms with Crippen molar-refractivity contribution in [1.82, 2.24) is 4.90 Å². The van der Waals surface area contributed by atoms with Gasteiger partial charge in [-0.25, -0.2) is 4.79 Å².